The van der Waals surface area contributed by atoms with E-state index in [2.05, 4.69) is 5.92 Å². The van der Waals surface area contributed by atoms with Crippen LogP contribution in [-0.2, 0) is 0 Å². The van der Waals surface area contributed by atoms with Gasteiger partial charge >= 0.3 is 0 Å². The molecule has 2 aromatic rings. The molecule has 110 valence electrons. The lowest BCUT2D eigenvalue weighted by atomic mass is 9.86. The van der Waals surface area contributed by atoms with Gasteiger partial charge in [-0.25, -0.2) is 0 Å². The number of benzene rings is 2. The minimum absolute atomic E-state index is 0.133. The fraction of sp³-hybridized carbons (Fsp3) is 0.200. The van der Waals surface area contributed by atoms with Crippen molar-refractivity contribution in [2.75, 3.05) is 0 Å². The third-order valence-corrected chi connectivity index (χ3v) is 3.56. The molecule has 0 aliphatic rings. The molecule has 2 heteroatoms. The maximum atomic E-state index is 12.7. The van der Waals surface area contributed by atoms with E-state index < -0.39 is 5.92 Å². The van der Waals surface area contributed by atoms with Crippen molar-refractivity contribution in [3.05, 3.63) is 71.8 Å². The zero-order valence-corrected chi connectivity index (χ0v) is 12.4. The average molecular weight is 290 g/mol. The fourth-order valence-corrected chi connectivity index (χ4v) is 2.40. The van der Waals surface area contributed by atoms with E-state index in [-0.39, 0.29) is 11.6 Å². The Kier molecular flexibility index (Phi) is 5.68. The third-order valence-electron chi connectivity index (χ3n) is 3.56. The highest BCUT2D eigenvalue weighted by Crippen LogP contribution is 2.20. The normalized spacial score (nSPS) is 10.2. The number of unbranched alkanes of at least 4 members (excludes halogenated alkanes) is 1. The molecule has 0 unspecified atom stereocenters. The van der Waals surface area contributed by atoms with Crippen molar-refractivity contribution in [1.29, 1.82) is 0 Å². The Morgan fingerprint density at radius 2 is 1.32 bits per heavy atom. The van der Waals surface area contributed by atoms with Gasteiger partial charge in [-0.3, -0.25) is 9.59 Å². The van der Waals surface area contributed by atoms with Crippen LogP contribution in [0.4, 0.5) is 0 Å². The number of carbonyl (C=O) groups is 2. The van der Waals surface area contributed by atoms with Gasteiger partial charge in [0.2, 0.25) is 0 Å². The van der Waals surface area contributed by atoms with Gasteiger partial charge in [0.15, 0.2) is 11.6 Å². The summed E-state index contributed by atoms with van der Waals surface area (Å²) in [5, 5.41) is 0. The highest BCUT2D eigenvalue weighted by Gasteiger charge is 2.27. The molecule has 2 nitrogen and oxygen atoms in total. The minimum Gasteiger partial charge on any atom is -0.293 e. The first-order valence-corrected chi connectivity index (χ1v) is 7.36. The molecule has 0 aromatic heterocycles. The van der Waals surface area contributed by atoms with Crippen molar-refractivity contribution in [2.45, 2.75) is 19.3 Å². The molecular formula is C20H18O2. The Morgan fingerprint density at radius 1 is 0.864 bits per heavy atom. The molecule has 0 amide bonds. The Labute approximate surface area is 131 Å². The van der Waals surface area contributed by atoms with Crippen LogP contribution in [0.25, 0.3) is 0 Å². The molecule has 2 aromatic carbocycles. The molecule has 22 heavy (non-hydrogen) atoms. The average Bonchev–Trinajstić information content (AvgIpc) is 2.59. The maximum Gasteiger partial charge on any atom is 0.173 e. The van der Waals surface area contributed by atoms with Crippen molar-refractivity contribution in [1.82, 2.24) is 0 Å². The first-order valence-electron chi connectivity index (χ1n) is 7.36. The first kappa shape index (κ1) is 15.7. The summed E-state index contributed by atoms with van der Waals surface area (Å²) in [7, 11) is 0. The molecule has 0 N–H and O–H groups in total. The first-order chi connectivity index (χ1) is 10.7. The molecular weight excluding hydrogens is 272 g/mol. The van der Waals surface area contributed by atoms with Crippen molar-refractivity contribution in [3.8, 4) is 12.3 Å². The number of terminal acetylenes is 1. The zero-order chi connectivity index (χ0) is 15.8. The van der Waals surface area contributed by atoms with Gasteiger partial charge < -0.3 is 0 Å². The van der Waals surface area contributed by atoms with E-state index in [0.29, 0.717) is 30.4 Å². The highest BCUT2D eigenvalue weighted by molar-refractivity contribution is 6.16. The molecule has 0 saturated heterocycles. The predicted molar refractivity (Wildman–Crippen MR) is 87.7 cm³/mol. The van der Waals surface area contributed by atoms with E-state index in [1.54, 1.807) is 48.5 Å². The van der Waals surface area contributed by atoms with E-state index in [4.69, 9.17) is 6.42 Å². The van der Waals surface area contributed by atoms with Crippen LogP contribution in [0, 0.1) is 18.3 Å². The lowest BCUT2D eigenvalue weighted by Crippen LogP contribution is -2.24. The summed E-state index contributed by atoms with van der Waals surface area (Å²) in [5.41, 5.74) is 1.13. The molecule has 0 heterocycles. The van der Waals surface area contributed by atoms with Gasteiger partial charge in [-0.15, -0.1) is 12.3 Å². The van der Waals surface area contributed by atoms with Crippen LogP contribution in [0.5, 0.6) is 0 Å². The van der Waals surface area contributed by atoms with Gasteiger partial charge in [0.05, 0.1) is 5.92 Å². The second-order valence-electron chi connectivity index (χ2n) is 5.11. The summed E-state index contributed by atoms with van der Waals surface area (Å²) in [5.74, 6) is 1.62. The van der Waals surface area contributed by atoms with Crippen LogP contribution < -0.4 is 0 Å². The van der Waals surface area contributed by atoms with E-state index in [9.17, 15) is 9.59 Å². The number of carbonyl (C=O) groups excluding carboxylic acids is 2. The Bertz CT molecular complexity index is 614. The summed E-state index contributed by atoms with van der Waals surface area (Å²) < 4.78 is 0. The SMILES string of the molecule is C#CCCCC(C(=O)c1ccccc1)C(=O)c1ccccc1. The van der Waals surface area contributed by atoms with Crippen LogP contribution >= 0.6 is 0 Å². The standard InChI is InChI=1S/C20H18O2/c1-2-3-6-15-18(19(21)16-11-7-4-8-12-16)20(22)17-13-9-5-10-14-17/h1,4-5,7-14,18H,3,6,15H2. The van der Waals surface area contributed by atoms with Crippen LogP contribution in [0.15, 0.2) is 60.7 Å². The third kappa shape index (κ3) is 3.93. The maximum absolute atomic E-state index is 12.7. The molecule has 0 aliphatic carbocycles. The molecule has 0 aliphatic heterocycles. The predicted octanol–water partition coefficient (Wildman–Crippen LogP) is 4.17. The Morgan fingerprint density at radius 3 is 1.73 bits per heavy atom. The molecule has 0 saturated carbocycles. The van der Waals surface area contributed by atoms with Crippen molar-refractivity contribution >= 4 is 11.6 Å². The van der Waals surface area contributed by atoms with Crippen LogP contribution in [-0.4, -0.2) is 11.6 Å². The molecule has 0 radical (unpaired) electrons. The zero-order valence-electron chi connectivity index (χ0n) is 12.4. The fourth-order valence-electron chi connectivity index (χ4n) is 2.40. The molecule has 0 bridgehead atoms. The van der Waals surface area contributed by atoms with E-state index in [1.807, 2.05) is 12.1 Å². The quantitative estimate of drug-likeness (QED) is 0.332. The van der Waals surface area contributed by atoms with Crippen molar-refractivity contribution < 1.29 is 9.59 Å². The summed E-state index contributed by atoms with van der Waals surface area (Å²) in [6.45, 7) is 0. The second kappa shape index (κ2) is 7.95. The van der Waals surface area contributed by atoms with Gasteiger partial charge in [-0.05, 0) is 12.8 Å². The van der Waals surface area contributed by atoms with E-state index >= 15 is 0 Å². The lowest BCUT2D eigenvalue weighted by Gasteiger charge is -2.14. The van der Waals surface area contributed by atoms with E-state index in [0.717, 1.165) is 0 Å². The number of Topliss-reactive ketones (excluding diaryl/α,β-unsaturated/α-hetero) is 2. The van der Waals surface area contributed by atoms with Crippen LogP contribution in [0.1, 0.15) is 40.0 Å². The molecule has 0 fully saturated rings. The van der Waals surface area contributed by atoms with Crippen LogP contribution in [0.2, 0.25) is 0 Å². The number of hydrogen-bond donors (Lipinski definition) is 0. The summed E-state index contributed by atoms with van der Waals surface area (Å²) in [6.07, 6.45) is 6.98. The van der Waals surface area contributed by atoms with Crippen molar-refractivity contribution in [3.63, 3.8) is 0 Å². The lowest BCUT2D eigenvalue weighted by molar-refractivity contribution is 0.0798. The summed E-state index contributed by atoms with van der Waals surface area (Å²) >= 11 is 0. The van der Waals surface area contributed by atoms with E-state index in [1.165, 1.54) is 0 Å². The monoisotopic (exact) mass is 290 g/mol. The number of rotatable bonds is 7. The topological polar surface area (TPSA) is 34.1 Å². The summed E-state index contributed by atoms with van der Waals surface area (Å²) in [4.78, 5) is 25.4. The smallest absolute Gasteiger partial charge is 0.173 e. The molecule has 0 spiro atoms. The number of hydrogen-bond acceptors (Lipinski definition) is 2. The van der Waals surface area contributed by atoms with Gasteiger partial charge in [0.25, 0.3) is 0 Å². The molecule has 0 atom stereocenters. The van der Waals surface area contributed by atoms with Gasteiger partial charge in [0.1, 0.15) is 0 Å². The molecule has 2 rings (SSSR count). The largest absolute Gasteiger partial charge is 0.293 e. The van der Waals surface area contributed by atoms with Crippen LogP contribution in [0.3, 0.4) is 0 Å². The highest BCUT2D eigenvalue weighted by atomic mass is 16.1. The Hall–Kier alpha value is -2.66. The van der Waals surface area contributed by atoms with Gasteiger partial charge in [-0.2, -0.15) is 0 Å². The second-order valence-corrected chi connectivity index (χ2v) is 5.11. The minimum atomic E-state index is -0.668. The Balaban J connectivity index is 2.25. The summed E-state index contributed by atoms with van der Waals surface area (Å²) in [6, 6.07) is 17.9. The van der Waals surface area contributed by atoms with Gasteiger partial charge in [0, 0.05) is 17.5 Å². The van der Waals surface area contributed by atoms with Gasteiger partial charge in [-0.1, -0.05) is 60.7 Å². The van der Waals surface area contributed by atoms with Crippen molar-refractivity contribution in [2.24, 2.45) is 5.92 Å². The number of ketones is 2.